The van der Waals surface area contributed by atoms with Gasteiger partial charge in [0, 0.05) is 12.2 Å². The first-order chi connectivity index (χ1) is 17.0. The Bertz CT molecular complexity index is 1160. The fourth-order valence-corrected chi connectivity index (χ4v) is 3.70. The number of nitrogens with one attached hydrogen (secondary N) is 1. The van der Waals surface area contributed by atoms with Crippen molar-refractivity contribution in [1.82, 2.24) is 0 Å². The minimum absolute atomic E-state index is 0.00294. The number of amides is 2. The van der Waals surface area contributed by atoms with E-state index in [1.807, 2.05) is 62.4 Å². The number of rotatable bonds is 10. The number of fused-ring (bicyclic) bond motifs is 1. The second-order valence-electron chi connectivity index (χ2n) is 8.54. The average molecular weight is 475 g/mol. The van der Waals surface area contributed by atoms with Crippen LogP contribution in [0.5, 0.6) is 17.2 Å². The molecule has 3 aromatic carbocycles. The van der Waals surface area contributed by atoms with Gasteiger partial charge in [-0.1, -0.05) is 35.4 Å². The molecule has 0 aromatic heterocycles. The molecular weight excluding hydrogens is 444 g/mol. The van der Waals surface area contributed by atoms with Gasteiger partial charge in [0.25, 0.3) is 11.8 Å². The van der Waals surface area contributed by atoms with Crippen molar-refractivity contribution < 1.29 is 23.8 Å². The van der Waals surface area contributed by atoms with Crippen molar-refractivity contribution in [3.05, 3.63) is 77.9 Å². The molecule has 0 unspecified atom stereocenters. The van der Waals surface area contributed by atoms with E-state index in [9.17, 15) is 9.59 Å². The van der Waals surface area contributed by atoms with Crippen LogP contribution < -0.4 is 24.4 Å². The summed E-state index contributed by atoms with van der Waals surface area (Å²) in [5.41, 5.74) is 3.54. The van der Waals surface area contributed by atoms with Crippen molar-refractivity contribution in [2.24, 2.45) is 0 Å². The van der Waals surface area contributed by atoms with Gasteiger partial charge in [-0.05, 0) is 69.2 Å². The topological polar surface area (TPSA) is 77.1 Å². The van der Waals surface area contributed by atoms with E-state index >= 15 is 0 Å². The molecule has 0 saturated carbocycles. The first-order valence-corrected chi connectivity index (χ1v) is 11.7. The molecule has 182 valence electrons. The molecule has 0 fully saturated rings. The summed E-state index contributed by atoms with van der Waals surface area (Å²) >= 11 is 0. The van der Waals surface area contributed by atoms with Gasteiger partial charge in [0.1, 0.15) is 17.2 Å². The van der Waals surface area contributed by atoms with Crippen molar-refractivity contribution in [3.8, 4) is 17.2 Å². The third-order valence-corrected chi connectivity index (χ3v) is 5.64. The maximum atomic E-state index is 12.6. The number of nitrogens with zero attached hydrogens (tertiary/aromatic N) is 1. The summed E-state index contributed by atoms with van der Waals surface area (Å²) < 4.78 is 16.9. The number of hydrogen-bond donors (Lipinski definition) is 1. The van der Waals surface area contributed by atoms with Gasteiger partial charge in [0.05, 0.1) is 12.3 Å². The van der Waals surface area contributed by atoms with Gasteiger partial charge in [0.15, 0.2) is 13.2 Å². The van der Waals surface area contributed by atoms with Crippen LogP contribution >= 0.6 is 0 Å². The van der Waals surface area contributed by atoms with Gasteiger partial charge in [-0.25, -0.2) is 0 Å². The summed E-state index contributed by atoms with van der Waals surface area (Å²) in [5.74, 6) is 1.70. The fraction of sp³-hybridized carbons (Fsp3) is 0.286. The molecule has 1 aliphatic heterocycles. The molecule has 1 heterocycles. The Morgan fingerprint density at radius 3 is 2.26 bits per heavy atom. The second-order valence-corrected chi connectivity index (χ2v) is 8.54. The van der Waals surface area contributed by atoms with Crippen LogP contribution in [0.25, 0.3) is 0 Å². The first kappa shape index (κ1) is 24.1. The van der Waals surface area contributed by atoms with Crippen molar-refractivity contribution >= 4 is 23.2 Å². The molecule has 7 nitrogen and oxygen atoms in total. The quantitative estimate of drug-likeness (QED) is 0.423. The van der Waals surface area contributed by atoms with Crippen LogP contribution in [0.4, 0.5) is 11.4 Å². The Morgan fingerprint density at radius 1 is 0.914 bits per heavy atom. The Morgan fingerprint density at radius 2 is 1.57 bits per heavy atom. The Hall–Kier alpha value is -4.00. The predicted octanol–water partition coefficient (Wildman–Crippen LogP) is 4.91. The number of carbonyl (C=O) groups is 2. The van der Waals surface area contributed by atoms with Crippen LogP contribution in [0.3, 0.4) is 0 Å². The summed E-state index contributed by atoms with van der Waals surface area (Å²) in [6.07, 6.45) is 1.58. The molecule has 0 bridgehead atoms. The highest BCUT2D eigenvalue weighted by molar-refractivity contribution is 5.99. The molecule has 0 aliphatic carbocycles. The van der Waals surface area contributed by atoms with Gasteiger partial charge < -0.3 is 24.4 Å². The zero-order chi connectivity index (χ0) is 24.6. The Kier molecular flexibility index (Phi) is 7.88. The summed E-state index contributed by atoms with van der Waals surface area (Å²) in [6, 6.07) is 20.7. The molecule has 0 radical (unpaired) electrons. The maximum Gasteiger partial charge on any atom is 0.265 e. The smallest absolute Gasteiger partial charge is 0.265 e. The molecule has 7 heteroatoms. The van der Waals surface area contributed by atoms with E-state index in [0.29, 0.717) is 36.0 Å². The monoisotopic (exact) mass is 474 g/mol. The van der Waals surface area contributed by atoms with E-state index in [-0.39, 0.29) is 25.0 Å². The van der Waals surface area contributed by atoms with E-state index in [4.69, 9.17) is 14.2 Å². The standard InChI is InChI=1S/C28H30N2O5/c1-20-5-10-23(11-6-20)33-16-4-3-15-30-25-17-22(9-14-26(25)35-19-28(30)32)29-27(31)18-34-24-12-7-21(2)8-13-24/h5-14,17H,3-4,15-16,18-19H2,1-2H3,(H,29,31). The molecule has 0 atom stereocenters. The van der Waals surface area contributed by atoms with Crippen LogP contribution in [0, 0.1) is 13.8 Å². The van der Waals surface area contributed by atoms with E-state index in [1.54, 1.807) is 23.1 Å². The summed E-state index contributed by atoms with van der Waals surface area (Å²) in [6.45, 7) is 5.04. The third kappa shape index (κ3) is 6.76. The average Bonchev–Trinajstić information content (AvgIpc) is 2.86. The van der Waals surface area contributed by atoms with Crippen molar-refractivity contribution in [2.75, 3.05) is 36.6 Å². The molecule has 0 spiro atoms. The minimum atomic E-state index is -0.284. The van der Waals surface area contributed by atoms with E-state index in [2.05, 4.69) is 5.32 Å². The van der Waals surface area contributed by atoms with Gasteiger partial charge >= 0.3 is 0 Å². The highest BCUT2D eigenvalue weighted by Gasteiger charge is 2.25. The fourth-order valence-electron chi connectivity index (χ4n) is 3.70. The predicted molar refractivity (Wildman–Crippen MR) is 136 cm³/mol. The lowest BCUT2D eigenvalue weighted by atomic mass is 10.2. The van der Waals surface area contributed by atoms with E-state index in [1.165, 1.54) is 5.56 Å². The lowest BCUT2D eigenvalue weighted by Crippen LogP contribution is -2.39. The third-order valence-electron chi connectivity index (χ3n) is 5.64. The summed E-state index contributed by atoms with van der Waals surface area (Å²) in [4.78, 5) is 26.6. The van der Waals surface area contributed by atoms with Crippen molar-refractivity contribution in [3.63, 3.8) is 0 Å². The first-order valence-electron chi connectivity index (χ1n) is 11.7. The van der Waals surface area contributed by atoms with Gasteiger partial charge in [0.2, 0.25) is 0 Å². The van der Waals surface area contributed by atoms with Crippen LogP contribution in [0.2, 0.25) is 0 Å². The normalized spacial score (nSPS) is 12.5. The summed E-state index contributed by atoms with van der Waals surface area (Å²) in [7, 11) is 0. The van der Waals surface area contributed by atoms with Gasteiger partial charge in [-0.15, -0.1) is 0 Å². The molecule has 1 aliphatic rings. The number of unbranched alkanes of at least 4 members (excludes halogenated alkanes) is 1. The highest BCUT2D eigenvalue weighted by Crippen LogP contribution is 2.34. The number of carbonyl (C=O) groups excluding carboxylic acids is 2. The molecule has 0 saturated heterocycles. The molecule has 2 amide bonds. The molecule has 3 aromatic rings. The molecular formula is C28H30N2O5. The van der Waals surface area contributed by atoms with Crippen molar-refractivity contribution in [1.29, 1.82) is 0 Å². The molecule has 1 N–H and O–H groups in total. The van der Waals surface area contributed by atoms with Crippen LogP contribution in [-0.2, 0) is 9.59 Å². The number of hydrogen-bond acceptors (Lipinski definition) is 5. The van der Waals surface area contributed by atoms with Crippen molar-refractivity contribution in [2.45, 2.75) is 26.7 Å². The lowest BCUT2D eigenvalue weighted by Gasteiger charge is -2.30. The van der Waals surface area contributed by atoms with Gasteiger partial charge in [-0.3, -0.25) is 9.59 Å². The SMILES string of the molecule is Cc1ccc(OCCCCN2C(=O)COc3ccc(NC(=O)COc4ccc(C)cc4)cc32)cc1. The van der Waals surface area contributed by atoms with Crippen LogP contribution in [0.15, 0.2) is 66.7 Å². The number of ether oxygens (including phenoxy) is 3. The Labute approximate surface area is 205 Å². The maximum absolute atomic E-state index is 12.6. The summed E-state index contributed by atoms with van der Waals surface area (Å²) in [5, 5.41) is 2.83. The Balaban J connectivity index is 1.30. The molecule has 35 heavy (non-hydrogen) atoms. The van der Waals surface area contributed by atoms with Gasteiger partial charge in [-0.2, -0.15) is 0 Å². The largest absolute Gasteiger partial charge is 0.494 e. The second kappa shape index (κ2) is 11.4. The minimum Gasteiger partial charge on any atom is -0.494 e. The van der Waals surface area contributed by atoms with Crippen LogP contribution in [-0.4, -0.2) is 38.2 Å². The zero-order valence-electron chi connectivity index (χ0n) is 20.1. The highest BCUT2D eigenvalue weighted by atomic mass is 16.5. The number of anilines is 2. The number of benzene rings is 3. The zero-order valence-corrected chi connectivity index (χ0v) is 20.1. The van der Waals surface area contributed by atoms with E-state index in [0.717, 1.165) is 24.2 Å². The molecule has 4 rings (SSSR count). The number of aryl methyl sites for hydroxylation is 2. The van der Waals surface area contributed by atoms with E-state index < -0.39 is 0 Å². The van der Waals surface area contributed by atoms with Crippen LogP contribution in [0.1, 0.15) is 24.0 Å². The lowest BCUT2D eigenvalue weighted by molar-refractivity contribution is -0.121.